The summed E-state index contributed by atoms with van der Waals surface area (Å²) in [7, 11) is 1.44. The number of rotatable bonds is 1. The van der Waals surface area contributed by atoms with Crippen molar-refractivity contribution >= 4 is 17.2 Å². The number of para-hydroxylation sites is 1. The van der Waals surface area contributed by atoms with Crippen LogP contribution in [0.1, 0.15) is 31.2 Å². The van der Waals surface area contributed by atoms with Crippen molar-refractivity contribution in [1.29, 1.82) is 0 Å². The Morgan fingerprint density at radius 1 is 1.31 bits per heavy atom. The Hall–Kier alpha value is -1.69. The zero-order valence-electron chi connectivity index (χ0n) is 15.2. The van der Waals surface area contributed by atoms with Gasteiger partial charge in [0, 0.05) is 30.3 Å². The Bertz CT molecular complexity index is 774. The first-order valence-electron chi connectivity index (χ1n) is 9.84. The van der Waals surface area contributed by atoms with Gasteiger partial charge < -0.3 is 9.84 Å². The Morgan fingerprint density at radius 2 is 2.15 bits per heavy atom. The van der Waals surface area contributed by atoms with Crippen LogP contribution in [0, 0.1) is 17.8 Å². The number of fused-ring (bicyclic) bond motifs is 5. The highest BCUT2D eigenvalue weighted by Crippen LogP contribution is 2.47. The number of piperidine rings is 1. The number of aliphatic hydroxyl groups excluding tert-OH is 1. The summed E-state index contributed by atoms with van der Waals surface area (Å²) in [6, 6.07) is 9.02. The lowest BCUT2D eigenvalue weighted by Crippen LogP contribution is -2.79. The van der Waals surface area contributed by atoms with Crippen LogP contribution in [0.25, 0.3) is 5.57 Å². The predicted octanol–water partition coefficient (Wildman–Crippen LogP) is 1.26. The van der Waals surface area contributed by atoms with Gasteiger partial charge in [-0.15, -0.1) is 0 Å². The minimum absolute atomic E-state index is 0.219. The highest BCUT2D eigenvalue weighted by Gasteiger charge is 2.51. The molecule has 5 atom stereocenters. The van der Waals surface area contributed by atoms with E-state index in [0.29, 0.717) is 18.4 Å². The van der Waals surface area contributed by atoms with Gasteiger partial charge in [-0.2, -0.15) is 0 Å². The van der Waals surface area contributed by atoms with Gasteiger partial charge in [-0.25, -0.2) is 0 Å². The molecule has 1 saturated heterocycles. The molecule has 3 aliphatic heterocycles. The molecular weight excluding hydrogens is 328 g/mol. The zero-order chi connectivity index (χ0) is 17.8. The summed E-state index contributed by atoms with van der Waals surface area (Å²) in [6.45, 7) is 2.14. The number of esters is 1. The van der Waals surface area contributed by atoms with Gasteiger partial charge >= 0.3 is 5.97 Å². The molecule has 5 unspecified atom stereocenters. The minimum Gasteiger partial charge on any atom is -0.469 e. The zero-order valence-corrected chi connectivity index (χ0v) is 15.2. The molecule has 0 amide bonds. The van der Waals surface area contributed by atoms with E-state index in [9.17, 15) is 9.90 Å². The molecule has 0 radical (unpaired) electrons. The Kier molecular flexibility index (Phi) is 3.92. The van der Waals surface area contributed by atoms with Crippen LogP contribution in [0.2, 0.25) is 0 Å². The van der Waals surface area contributed by atoms with E-state index in [-0.39, 0.29) is 17.8 Å². The number of ether oxygens (including phenoxy) is 1. The van der Waals surface area contributed by atoms with Gasteiger partial charge in [0.25, 0.3) is 0 Å². The predicted molar refractivity (Wildman–Crippen MR) is 97.3 cm³/mol. The van der Waals surface area contributed by atoms with E-state index in [1.165, 1.54) is 29.6 Å². The van der Waals surface area contributed by atoms with Crippen LogP contribution >= 0.6 is 0 Å². The van der Waals surface area contributed by atoms with Crippen LogP contribution in [0.3, 0.4) is 0 Å². The molecule has 2 fully saturated rings. The van der Waals surface area contributed by atoms with Crippen LogP contribution in [0.5, 0.6) is 0 Å². The first kappa shape index (κ1) is 16.5. The fraction of sp³-hybridized carbons (Fsp3) is 0.571. The summed E-state index contributed by atoms with van der Waals surface area (Å²) in [6.07, 6.45) is 3.23. The number of hydrogen-bond acceptors (Lipinski definition) is 4. The Labute approximate surface area is 154 Å². The second kappa shape index (κ2) is 6.19. The smallest absolute Gasteiger partial charge is 0.311 e. The third kappa shape index (κ3) is 2.38. The van der Waals surface area contributed by atoms with E-state index >= 15 is 0 Å². The highest BCUT2D eigenvalue weighted by atomic mass is 16.5. The molecule has 138 valence electrons. The van der Waals surface area contributed by atoms with Gasteiger partial charge in [0.15, 0.2) is 0 Å². The van der Waals surface area contributed by atoms with Crippen LogP contribution in [0.4, 0.5) is 5.69 Å². The lowest BCUT2D eigenvalue weighted by Gasteiger charge is -2.50. The number of hydrogen-bond donors (Lipinski definition) is 2. The van der Waals surface area contributed by atoms with Crippen LogP contribution in [0.15, 0.2) is 30.0 Å². The average Bonchev–Trinajstić information content (AvgIpc) is 3.05. The van der Waals surface area contributed by atoms with Gasteiger partial charge in [-0.1, -0.05) is 12.1 Å². The lowest BCUT2D eigenvalue weighted by atomic mass is 9.65. The molecule has 0 aromatic heterocycles. The van der Waals surface area contributed by atoms with E-state index < -0.39 is 6.10 Å². The van der Waals surface area contributed by atoms with Gasteiger partial charge in [0.2, 0.25) is 0 Å². The number of benzene rings is 1. The maximum absolute atomic E-state index is 12.4. The fourth-order valence-electron chi connectivity index (χ4n) is 5.94. The first-order valence-corrected chi connectivity index (χ1v) is 9.84. The van der Waals surface area contributed by atoms with Crippen molar-refractivity contribution in [2.45, 2.75) is 37.8 Å². The summed E-state index contributed by atoms with van der Waals surface area (Å²) < 4.78 is 5.05. The normalized spacial score (nSPS) is 36.0. The second-order valence-corrected chi connectivity index (χ2v) is 8.28. The summed E-state index contributed by atoms with van der Waals surface area (Å²) in [5.74, 6) is 0.112. The number of carbonyl (C=O) groups excluding carboxylic acids is 1. The molecule has 5 nitrogen and oxygen atoms in total. The summed E-state index contributed by atoms with van der Waals surface area (Å²) >= 11 is 0. The van der Waals surface area contributed by atoms with Gasteiger partial charge in [-0.3, -0.25) is 15.0 Å². The maximum Gasteiger partial charge on any atom is 0.311 e. The number of nitrogens with zero attached hydrogens (tertiary/aromatic N) is 1. The summed E-state index contributed by atoms with van der Waals surface area (Å²) in [5, 5.41) is 12.9. The van der Waals surface area contributed by atoms with Crippen molar-refractivity contribution in [3.05, 3.63) is 35.5 Å². The van der Waals surface area contributed by atoms with E-state index in [0.717, 1.165) is 32.4 Å². The number of methoxy groups -OCH3 is 1. The second-order valence-electron chi connectivity index (χ2n) is 8.28. The quantitative estimate of drug-likeness (QED) is 0.588. The van der Waals surface area contributed by atoms with Crippen molar-refractivity contribution in [1.82, 2.24) is 4.90 Å². The Morgan fingerprint density at radius 3 is 3.00 bits per heavy atom. The monoisotopic (exact) mass is 355 g/mol. The maximum atomic E-state index is 12.4. The highest BCUT2D eigenvalue weighted by molar-refractivity contribution is 5.78. The first-order chi connectivity index (χ1) is 12.7. The standard InChI is InChI=1S/C21H26N2O3/c1-26-21(25)19-15-10-17-20-14(13-4-2-3-5-16(13)22-20)8-9-23(17)11-12(15)6-7-18(19)24/h2-5,12,15,17-19,22,24H,6-11H2,1H3/p+1. The third-order valence-electron chi connectivity index (χ3n) is 7.15. The van der Waals surface area contributed by atoms with Crippen molar-refractivity contribution in [3.8, 4) is 0 Å². The molecule has 5 rings (SSSR count). The molecule has 3 N–H and O–H groups in total. The third-order valence-corrected chi connectivity index (χ3v) is 7.15. The molecule has 1 aromatic rings. The largest absolute Gasteiger partial charge is 0.469 e. The van der Waals surface area contributed by atoms with Gasteiger partial charge in [0.05, 0.1) is 25.2 Å². The molecule has 1 aromatic carbocycles. The molecule has 0 spiro atoms. The van der Waals surface area contributed by atoms with Crippen molar-refractivity contribution in [2.24, 2.45) is 17.8 Å². The molecule has 26 heavy (non-hydrogen) atoms. The number of quaternary nitrogens is 1. The number of aliphatic hydroxyl groups is 1. The van der Waals surface area contributed by atoms with Gasteiger partial charge in [-0.05, 0) is 43.6 Å². The van der Waals surface area contributed by atoms with E-state index in [1.807, 2.05) is 0 Å². The molecule has 5 heteroatoms. The summed E-state index contributed by atoms with van der Waals surface area (Å²) in [5.41, 5.74) is 5.65. The Balaban J connectivity index is 1.47. The van der Waals surface area contributed by atoms with Crippen molar-refractivity contribution < 1.29 is 20.0 Å². The molecule has 1 aliphatic carbocycles. The fourth-order valence-corrected chi connectivity index (χ4v) is 5.94. The SMILES string of the molecule is COC(=O)C1C(O)CCC2CN3CCC4=C([NH2+]c5ccccc54)C3CC21. The van der Waals surface area contributed by atoms with Crippen molar-refractivity contribution in [3.63, 3.8) is 0 Å². The van der Waals surface area contributed by atoms with Crippen LogP contribution in [-0.4, -0.2) is 48.3 Å². The van der Waals surface area contributed by atoms with Gasteiger partial charge in [0.1, 0.15) is 11.4 Å². The molecule has 1 saturated carbocycles. The van der Waals surface area contributed by atoms with E-state index in [4.69, 9.17) is 4.74 Å². The molecular formula is C21H27N2O3+. The number of carbonyl (C=O) groups is 1. The molecule has 4 aliphatic rings. The summed E-state index contributed by atoms with van der Waals surface area (Å²) in [4.78, 5) is 15.0. The van der Waals surface area contributed by atoms with E-state index in [1.54, 1.807) is 0 Å². The average molecular weight is 355 g/mol. The van der Waals surface area contributed by atoms with Crippen LogP contribution in [-0.2, 0) is 9.53 Å². The van der Waals surface area contributed by atoms with E-state index in [2.05, 4.69) is 34.5 Å². The number of nitrogens with two attached hydrogens (primary N) is 1. The lowest BCUT2D eigenvalue weighted by molar-refractivity contribution is -0.521. The molecule has 3 heterocycles. The minimum atomic E-state index is -0.558. The molecule has 0 bridgehead atoms. The van der Waals surface area contributed by atoms with Crippen LogP contribution < -0.4 is 5.32 Å². The topological polar surface area (TPSA) is 66.4 Å². The van der Waals surface area contributed by atoms with Crippen molar-refractivity contribution in [2.75, 3.05) is 20.2 Å².